The molecule has 0 amide bonds. The van der Waals surface area contributed by atoms with E-state index in [9.17, 15) is 4.79 Å². The Balaban J connectivity index is 2.40. The highest BCUT2D eigenvalue weighted by atomic mass is 16.4. The van der Waals surface area contributed by atoms with Crippen molar-refractivity contribution in [2.24, 2.45) is 5.92 Å². The van der Waals surface area contributed by atoms with Gasteiger partial charge < -0.3 is 14.9 Å². The van der Waals surface area contributed by atoms with Gasteiger partial charge in [0.15, 0.2) is 0 Å². The van der Waals surface area contributed by atoms with Crippen LogP contribution in [0.1, 0.15) is 13.3 Å². The topological polar surface area (TPSA) is 43.8 Å². The third-order valence-electron chi connectivity index (χ3n) is 3.49. The fraction of sp³-hybridized carbons (Fsp3) is 0.643. The molecule has 4 heteroatoms. The van der Waals surface area contributed by atoms with Crippen molar-refractivity contribution in [3.8, 4) is 0 Å². The molecular formula is C14H24N2O2. The number of likely N-dealkylation sites (N-methyl/N-ethyl adjacent to an activating group) is 1. The summed E-state index contributed by atoms with van der Waals surface area (Å²) < 4.78 is 0. The van der Waals surface area contributed by atoms with Gasteiger partial charge in [0.25, 0.3) is 0 Å². The van der Waals surface area contributed by atoms with Gasteiger partial charge in [-0.2, -0.15) is 0 Å². The quantitative estimate of drug-likeness (QED) is 0.574. The lowest BCUT2D eigenvalue weighted by molar-refractivity contribution is -0.132. The van der Waals surface area contributed by atoms with Crippen LogP contribution in [-0.2, 0) is 4.79 Å². The minimum Gasteiger partial charge on any atom is -0.478 e. The molecule has 0 aliphatic carbocycles. The molecule has 1 atom stereocenters. The van der Waals surface area contributed by atoms with E-state index in [1.54, 1.807) is 13.0 Å². The average molecular weight is 252 g/mol. The Bertz CT molecular complexity index is 318. The zero-order valence-electron chi connectivity index (χ0n) is 11.4. The van der Waals surface area contributed by atoms with Crippen molar-refractivity contribution in [3.05, 3.63) is 24.3 Å². The SMILES string of the molecule is C=CC(C/C=C(\C)C(=O)O)CN1CCN(C)CC1. The number of hydrogen-bond acceptors (Lipinski definition) is 3. The van der Waals surface area contributed by atoms with Gasteiger partial charge in [-0.25, -0.2) is 4.79 Å². The highest BCUT2D eigenvalue weighted by Crippen LogP contribution is 2.12. The standard InChI is InChI=1S/C14H24N2O2/c1-4-13(6-5-12(2)14(17)18)11-16-9-7-15(3)8-10-16/h4-5,13H,1,6-11H2,2-3H3,(H,17,18)/b12-5+. The first kappa shape index (κ1) is 14.9. The predicted molar refractivity (Wildman–Crippen MR) is 73.6 cm³/mol. The molecule has 0 aromatic heterocycles. The Kier molecular flexibility index (Phi) is 6.09. The number of hydrogen-bond donors (Lipinski definition) is 1. The molecule has 1 heterocycles. The van der Waals surface area contributed by atoms with Crippen LogP contribution in [0.25, 0.3) is 0 Å². The van der Waals surface area contributed by atoms with E-state index in [1.165, 1.54) is 0 Å². The molecule has 102 valence electrons. The van der Waals surface area contributed by atoms with Crippen LogP contribution in [0.3, 0.4) is 0 Å². The lowest BCUT2D eigenvalue weighted by atomic mass is 10.0. The average Bonchev–Trinajstić information content (AvgIpc) is 2.36. The second-order valence-corrected chi connectivity index (χ2v) is 5.03. The maximum Gasteiger partial charge on any atom is 0.330 e. The van der Waals surface area contributed by atoms with Crippen LogP contribution in [0.4, 0.5) is 0 Å². The Morgan fingerprint density at radius 3 is 2.50 bits per heavy atom. The minimum atomic E-state index is -0.836. The molecule has 0 bridgehead atoms. The first-order valence-electron chi connectivity index (χ1n) is 6.46. The van der Waals surface area contributed by atoms with Crippen molar-refractivity contribution in [2.45, 2.75) is 13.3 Å². The van der Waals surface area contributed by atoms with Crippen molar-refractivity contribution in [2.75, 3.05) is 39.8 Å². The number of carboxylic acid groups (broad SMARTS) is 1. The van der Waals surface area contributed by atoms with Gasteiger partial charge in [-0.05, 0) is 26.3 Å². The van der Waals surface area contributed by atoms with Gasteiger partial charge >= 0.3 is 5.97 Å². The molecule has 1 saturated heterocycles. The molecule has 1 fully saturated rings. The fourth-order valence-electron chi connectivity index (χ4n) is 2.02. The van der Waals surface area contributed by atoms with Crippen molar-refractivity contribution in [3.63, 3.8) is 0 Å². The zero-order chi connectivity index (χ0) is 13.5. The lowest BCUT2D eigenvalue weighted by Gasteiger charge is -2.33. The minimum absolute atomic E-state index is 0.336. The van der Waals surface area contributed by atoms with Crippen molar-refractivity contribution < 1.29 is 9.90 Å². The van der Waals surface area contributed by atoms with Crippen LogP contribution in [0, 0.1) is 5.92 Å². The number of carboxylic acids is 1. The summed E-state index contributed by atoms with van der Waals surface area (Å²) in [4.78, 5) is 15.5. The second kappa shape index (κ2) is 7.34. The Hall–Kier alpha value is -1.13. The zero-order valence-corrected chi connectivity index (χ0v) is 11.4. The Morgan fingerprint density at radius 1 is 1.39 bits per heavy atom. The molecule has 1 unspecified atom stereocenters. The number of allylic oxidation sites excluding steroid dienone is 1. The molecule has 1 N–H and O–H groups in total. The first-order chi connectivity index (χ1) is 8.52. The van der Waals surface area contributed by atoms with E-state index in [-0.39, 0.29) is 0 Å². The van der Waals surface area contributed by atoms with Crippen LogP contribution < -0.4 is 0 Å². The van der Waals surface area contributed by atoms with Gasteiger partial charge in [0.1, 0.15) is 0 Å². The van der Waals surface area contributed by atoms with E-state index in [2.05, 4.69) is 23.4 Å². The summed E-state index contributed by atoms with van der Waals surface area (Å²) in [6.45, 7) is 10.8. The summed E-state index contributed by atoms with van der Waals surface area (Å²) in [6.07, 6.45) is 4.49. The van der Waals surface area contributed by atoms with Gasteiger partial charge in [-0.15, -0.1) is 6.58 Å². The third-order valence-corrected chi connectivity index (χ3v) is 3.49. The van der Waals surface area contributed by atoms with Gasteiger partial charge in [0.05, 0.1) is 0 Å². The van der Waals surface area contributed by atoms with Crippen molar-refractivity contribution in [1.82, 2.24) is 9.80 Å². The highest BCUT2D eigenvalue weighted by Gasteiger charge is 2.16. The molecule has 4 nitrogen and oxygen atoms in total. The number of piperazine rings is 1. The highest BCUT2D eigenvalue weighted by molar-refractivity contribution is 5.85. The van der Waals surface area contributed by atoms with Crippen LogP contribution in [0.15, 0.2) is 24.3 Å². The number of rotatable bonds is 6. The lowest BCUT2D eigenvalue weighted by Crippen LogP contribution is -2.45. The second-order valence-electron chi connectivity index (χ2n) is 5.03. The maximum absolute atomic E-state index is 10.7. The van der Waals surface area contributed by atoms with Gasteiger partial charge in [0, 0.05) is 38.3 Å². The Labute approximate surface area is 110 Å². The van der Waals surface area contributed by atoms with Crippen molar-refractivity contribution in [1.29, 1.82) is 0 Å². The number of carbonyl (C=O) groups is 1. The largest absolute Gasteiger partial charge is 0.478 e. The molecule has 0 radical (unpaired) electrons. The normalized spacial score (nSPS) is 20.7. The third kappa shape index (κ3) is 5.02. The molecule has 0 spiro atoms. The van der Waals surface area contributed by atoms with E-state index in [0.717, 1.165) is 39.1 Å². The smallest absolute Gasteiger partial charge is 0.330 e. The summed E-state index contributed by atoms with van der Waals surface area (Å²) >= 11 is 0. The van der Waals surface area contributed by atoms with Crippen LogP contribution >= 0.6 is 0 Å². The van der Waals surface area contributed by atoms with E-state index in [4.69, 9.17) is 5.11 Å². The molecule has 0 saturated carbocycles. The van der Waals surface area contributed by atoms with E-state index in [1.807, 2.05) is 6.08 Å². The first-order valence-corrected chi connectivity index (χ1v) is 6.46. The van der Waals surface area contributed by atoms with Crippen LogP contribution in [0.5, 0.6) is 0 Å². The van der Waals surface area contributed by atoms with E-state index < -0.39 is 5.97 Å². The fourth-order valence-corrected chi connectivity index (χ4v) is 2.02. The molecule has 1 aliphatic rings. The van der Waals surface area contributed by atoms with Gasteiger partial charge in [-0.1, -0.05) is 12.2 Å². The summed E-state index contributed by atoms with van der Waals surface area (Å²) in [7, 11) is 2.14. The molecule has 1 rings (SSSR count). The van der Waals surface area contributed by atoms with Crippen molar-refractivity contribution >= 4 is 5.97 Å². The molecular weight excluding hydrogens is 228 g/mol. The van der Waals surface area contributed by atoms with Crippen LogP contribution in [0.2, 0.25) is 0 Å². The Morgan fingerprint density at radius 2 is 2.00 bits per heavy atom. The van der Waals surface area contributed by atoms with E-state index >= 15 is 0 Å². The monoisotopic (exact) mass is 252 g/mol. The molecule has 0 aromatic carbocycles. The number of aliphatic carboxylic acids is 1. The molecule has 0 aromatic rings. The van der Waals surface area contributed by atoms with Crippen LogP contribution in [-0.4, -0.2) is 60.6 Å². The summed E-state index contributed by atoms with van der Waals surface area (Å²) in [5, 5.41) is 8.81. The van der Waals surface area contributed by atoms with Gasteiger partial charge in [-0.3, -0.25) is 0 Å². The summed E-state index contributed by atoms with van der Waals surface area (Å²) in [6, 6.07) is 0. The number of nitrogens with zero attached hydrogens (tertiary/aromatic N) is 2. The predicted octanol–water partition coefficient (Wildman–Crippen LogP) is 1.46. The van der Waals surface area contributed by atoms with Gasteiger partial charge in [0.2, 0.25) is 0 Å². The maximum atomic E-state index is 10.7. The molecule has 1 aliphatic heterocycles. The van der Waals surface area contributed by atoms with E-state index in [0.29, 0.717) is 11.5 Å². The molecule has 18 heavy (non-hydrogen) atoms. The summed E-state index contributed by atoms with van der Waals surface area (Å²) in [5.74, 6) is -0.500. The summed E-state index contributed by atoms with van der Waals surface area (Å²) in [5.41, 5.74) is 0.417.